The summed E-state index contributed by atoms with van der Waals surface area (Å²) in [6, 6.07) is 4.92. The Morgan fingerprint density at radius 1 is 1.62 bits per heavy atom. The molecule has 3 nitrogen and oxygen atoms in total. The van der Waals surface area contributed by atoms with Gasteiger partial charge in [-0.25, -0.2) is 4.39 Å². The molecular formula is C9H9FN2O. The highest BCUT2D eigenvalue weighted by atomic mass is 19.1. The van der Waals surface area contributed by atoms with E-state index in [0.717, 1.165) is 6.07 Å². The summed E-state index contributed by atoms with van der Waals surface area (Å²) >= 11 is 0. The number of aromatic hydroxyl groups is 1. The topological polar surface area (TPSA) is 70.0 Å². The van der Waals surface area contributed by atoms with Crippen molar-refractivity contribution in [1.29, 1.82) is 5.26 Å². The maximum Gasteiger partial charge on any atom is 0.131 e. The minimum atomic E-state index is -0.634. The van der Waals surface area contributed by atoms with Gasteiger partial charge in [-0.1, -0.05) is 6.07 Å². The van der Waals surface area contributed by atoms with Gasteiger partial charge < -0.3 is 10.8 Å². The van der Waals surface area contributed by atoms with E-state index in [-0.39, 0.29) is 17.7 Å². The average Bonchev–Trinajstić information content (AvgIpc) is 2.04. The van der Waals surface area contributed by atoms with E-state index >= 15 is 0 Å². The summed E-state index contributed by atoms with van der Waals surface area (Å²) in [5, 5.41) is 17.2. The second kappa shape index (κ2) is 3.87. The Labute approximate surface area is 75.2 Å². The molecule has 1 aromatic carbocycles. The number of nitriles is 1. The van der Waals surface area contributed by atoms with Gasteiger partial charge in [0.1, 0.15) is 11.6 Å². The zero-order valence-electron chi connectivity index (χ0n) is 6.87. The number of hydrogen-bond donors (Lipinski definition) is 2. The third-order valence-corrected chi connectivity index (χ3v) is 1.69. The Bertz CT molecular complexity index is 346. The van der Waals surface area contributed by atoms with Gasteiger partial charge in [-0.3, -0.25) is 0 Å². The van der Waals surface area contributed by atoms with E-state index in [0.29, 0.717) is 0 Å². The quantitative estimate of drug-likeness (QED) is 0.723. The summed E-state index contributed by atoms with van der Waals surface area (Å²) in [4.78, 5) is 0. The van der Waals surface area contributed by atoms with Crippen LogP contribution in [-0.2, 0) is 0 Å². The molecule has 0 fully saturated rings. The van der Waals surface area contributed by atoms with Crippen LogP contribution in [0.5, 0.6) is 5.75 Å². The van der Waals surface area contributed by atoms with E-state index in [2.05, 4.69) is 0 Å². The monoisotopic (exact) mass is 180 g/mol. The first-order valence-electron chi connectivity index (χ1n) is 3.76. The molecule has 0 bridgehead atoms. The Kier molecular flexibility index (Phi) is 2.83. The number of hydrogen-bond acceptors (Lipinski definition) is 3. The van der Waals surface area contributed by atoms with Crippen LogP contribution in [0.25, 0.3) is 0 Å². The zero-order chi connectivity index (χ0) is 9.84. The fourth-order valence-corrected chi connectivity index (χ4v) is 1.03. The van der Waals surface area contributed by atoms with Crippen molar-refractivity contribution in [2.24, 2.45) is 5.73 Å². The lowest BCUT2D eigenvalue weighted by Crippen LogP contribution is -2.10. The van der Waals surface area contributed by atoms with Gasteiger partial charge in [0, 0.05) is 17.7 Å². The molecule has 1 aromatic rings. The van der Waals surface area contributed by atoms with Gasteiger partial charge in [0.25, 0.3) is 0 Å². The van der Waals surface area contributed by atoms with Gasteiger partial charge in [0.15, 0.2) is 0 Å². The number of phenolic OH excluding ortho intramolecular Hbond substituents is 1. The third kappa shape index (κ3) is 2.17. The molecule has 0 heterocycles. The lowest BCUT2D eigenvalue weighted by Gasteiger charge is -2.08. The first-order chi connectivity index (χ1) is 6.15. The first kappa shape index (κ1) is 9.49. The predicted molar refractivity (Wildman–Crippen MR) is 45.2 cm³/mol. The SMILES string of the molecule is N#CC[C@@H](N)c1ccc(O)cc1F. The van der Waals surface area contributed by atoms with Crippen molar-refractivity contribution in [2.45, 2.75) is 12.5 Å². The molecule has 0 aliphatic carbocycles. The van der Waals surface area contributed by atoms with Gasteiger partial charge in [-0.15, -0.1) is 0 Å². The van der Waals surface area contributed by atoms with Crippen LogP contribution in [0.15, 0.2) is 18.2 Å². The molecule has 0 aliphatic heterocycles. The van der Waals surface area contributed by atoms with Crippen LogP contribution in [0.3, 0.4) is 0 Å². The molecule has 13 heavy (non-hydrogen) atoms. The highest BCUT2D eigenvalue weighted by Crippen LogP contribution is 2.21. The van der Waals surface area contributed by atoms with Crippen molar-refractivity contribution in [3.05, 3.63) is 29.6 Å². The summed E-state index contributed by atoms with van der Waals surface area (Å²) < 4.78 is 13.1. The van der Waals surface area contributed by atoms with E-state index in [1.807, 2.05) is 6.07 Å². The molecule has 0 saturated heterocycles. The molecule has 0 aliphatic rings. The molecule has 4 heteroatoms. The fourth-order valence-electron chi connectivity index (χ4n) is 1.03. The van der Waals surface area contributed by atoms with E-state index in [4.69, 9.17) is 16.1 Å². The van der Waals surface area contributed by atoms with Crippen LogP contribution in [-0.4, -0.2) is 5.11 Å². The summed E-state index contributed by atoms with van der Waals surface area (Å²) in [6.07, 6.45) is 0.0572. The smallest absolute Gasteiger partial charge is 0.131 e. The van der Waals surface area contributed by atoms with Gasteiger partial charge in [0.05, 0.1) is 12.5 Å². The third-order valence-electron chi connectivity index (χ3n) is 1.69. The highest BCUT2D eigenvalue weighted by molar-refractivity contribution is 5.30. The van der Waals surface area contributed by atoms with Crippen LogP contribution in [0.4, 0.5) is 4.39 Å². The molecule has 0 amide bonds. The summed E-state index contributed by atoms with van der Waals surface area (Å²) in [6.45, 7) is 0. The minimum absolute atomic E-state index is 0.0572. The van der Waals surface area contributed by atoms with Crippen molar-refractivity contribution < 1.29 is 9.50 Å². The normalized spacial score (nSPS) is 12.1. The molecule has 0 radical (unpaired) electrons. The van der Waals surface area contributed by atoms with Crippen molar-refractivity contribution in [1.82, 2.24) is 0 Å². The Balaban J connectivity index is 2.96. The van der Waals surface area contributed by atoms with Crippen molar-refractivity contribution in [2.75, 3.05) is 0 Å². The van der Waals surface area contributed by atoms with Crippen LogP contribution in [0, 0.1) is 17.1 Å². The van der Waals surface area contributed by atoms with Crippen LogP contribution in [0.1, 0.15) is 18.0 Å². The number of nitrogens with zero attached hydrogens (tertiary/aromatic N) is 1. The van der Waals surface area contributed by atoms with E-state index in [1.165, 1.54) is 12.1 Å². The van der Waals surface area contributed by atoms with Gasteiger partial charge in [-0.2, -0.15) is 5.26 Å². The highest BCUT2D eigenvalue weighted by Gasteiger charge is 2.10. The predicted octanol–water partition coefficient (Wildman–Crippen LogP) is 1.44. The zero-order valence-corrected chi connectivity index (χ0v) is 6.87. The number of benzene rings is 1. The lowest BCUT2D eigenvalue weighted by molar-refractivity contribution is 0.466. The number of phenols is 1. The maximum atomic E-state index is 13.1. The molecule has 1 rings (SSSR count). The van der Waals surface area contributed by atoms with E-state index in [1.54, 1.807) is 0 Å². The van der Waals surface area contributed by atoms with Gasteiger partial charge in [-0.05, 0) is 6.07 Å². The van der Waals surface area contributed by atoms with Crippen molar-refractivity contribution in [3.63, 3.8) is 0 Å². The number of nitrogens with two attached hydrogens (primary N) is 1. The molecule has 0 unspecified atom stereocenters. The summed E-state index contributed by atoms with van der Waals surface area (Å²) in [7, 11) is 0. The summed E-state index contributed by atoms with van der Waals surface area (Å²) in [5.74, 6) is -0.729. The second-order valence-corrected chi connectivity index (χ2v) is 2.67. The van der Waals surface area contributed by atoms with E-state index < -0.39 is 11.9 Å². The molecule has 0 aromatic heterocycles. The number of halogens is 1. The Morgan fingerprint density at radius 2 is 2.31 bits per heavy atom. The van der Waals surface area contributed by atoms with Crippen molar-refractivity contribution >= 4 is 0 Å². The molecule has 68 valence electrons. The van der Waals surface area contributed by atoms with Crippen LogP contribution in [0.2, 0.25) is 0 Å². The first-order valence-corrected chi connectivity index (χ1v) is 3.76. The molecular weight excluding hydrogens is 171 g/mol. The standard InChI is InChI=1S/C9H9FN2O/c10-8-5-6(13)1-2-7(8)9(12)3-4-11/h1-2,5,9,13H,3,12H2/t9-/m1/s1. The largest absolute Gasteiger partial charge is 0.508 e. The Morgan fingerprint density at radius 3 is 2.85 bits per heavy atom. The minimum Gasteiger partial charge on any atom is -0.508 e. The van der Waals surface area contributed by atoms with Gasteiger partial charge in [0.2, 0.25) is 0 Å². The maximum absolute atomic E-state index is 13.1. The van der Waals surface area contributed by atoms with Gasteiger partial charge >= 0.3 is 0 Å². The van der Waals surface area contributed by atoms with Crippen LogP contribution >= 0.6 is 0 Å². The Hall–Kier alpha value is -1.60. The fraction of sp³-hybridized carbons (Fsp3) is 0.222. The van der Waals surface area contributed by atoms with Crippen molar-refractivity contribution in [3.8, 4) is 11.8 Å². The molecule has 3 N–H and O–H groups in total. The molecule has 0 spiro atoms. The van der Waals surface area contributed by atoms with E-state index in [9.17, 15) is 4.39 Å². The lowest BCUT2D eigenvalue weighted by atomic mass is 10.0. The summed E-state index contributed by atoms with van der Waals surface area (Å²) in [5.41, 5.74) is 5.76. The molecule has 0 saturated carbocycles. The second-order valence-electron chi connectivity index (χ2n) is 2.67. The number of rotatable bonds is 2. The van der Waals surface area contributed by atoms with Crippen LogP contribution < -0.4 is 5.73 Å². The average molecular weight is 180 g/mol. The molecule has 1 atom stereocenters.